The third kappa shape index (κ3) is 13.9. The highest BCUT2D eigenvalue weighted by atomic mass is 16.5. The molecule has 0 aliphatic carbocycles. The van der Waals surface area contributed by atoms with Crippen molar-refractivity contribution in [2.45, 2.75) is 83.3 Å². The van der Waals surface area contributed by atoms with E-state index in [2.05, 4.69) is 28.4 Å². The van der Waals surface area contributed by atoms with E-state index in [9.17, 15) is 15.0 Å². The number of carbonyl (C=O) groups excluding carboxylic acids is 1. The van der Waals surface area contributed by atoms with Crippen LogP contribution >= 0.6 is 0 Å². The van der Waals surface area contributed by atoms with Gasteiger partial charge in [-0.2, -0.15) is 0 Å². The first-order chi connectivity index (χ1) is 11.1. The van der Waals surface area contributed by atoms with Gasteiger partial charge in [0.05, 0.1) is 25.7 Å². The molecule has 0 saturated heterocycles. The highest BCUT2D eigenvalue weighted by molar-refractivity contribution is 5.68. The fourth-order valence-electron chi connectivity index (χ4n) is 1.96. The number of hydrogen-bond acceptors (Lipinski definition) is 4. The molecule has 0 fully saturated rings. The van der Waals surface area contributed by atoms with Gasteiger partial charge in [-0.1, -0.05) is 43.9 Å². The summed E-state index contributed by atoms with van der Waals surface area (Å²) in [5, 5.41) is 18.9. The van der Waals surface area contributed by atoms with Crippen LogP contribution in [-0.4, -0.2) is 35.5 Å². The lowest BCUT2D eigenvalue weighted by Gasteiger charge is -2.12. The summed E-state index contributed by atoms with van der Waals surface area (Å²) in [5.74, 6) is 11.7. The van der Waals surface area contributed by atoms with Crippen molar-refractivity contribution in [1.82, 2.24) is 0 Å². The highest BCUT2D eigenvalue weighted by Gasteiger charge is 2.11. The first-order valence-corrected chi connectivity index (χ1v) is 8.46. The zero-order valence-corrected chi connectivity index (χ0v) is 14.4. The minimum atomic E-state index is -0.764. The van der Waals surface area contributed by atoms with E-state index >= 15 is 0 Å². The second-order valence-electron chi connectivity index (χ2n) is 5.47. The van der Waals surface area contributed by atoms with Crippen molar-refractivity contribution in [3.63, 3.8) is 0 Å². The molecule has 0 bridgehead atoms. The molecule has 2 atom stereocenters. The number of unbranched alkanes of at least 4 members (excludes halogenated alkanes) is 5. The van der Waals surface area contributed by atoms with Gasteiger partial charge in [-0.3, -0.25) is 4.79 Å². The minimum absolute atomic E-state index is 0.131. The van der Waals surface area contributed by atoms with Crippen LogP contribution < -0.4 is 0 Å². The first-order valence-electron chi connectivity index (χ1n) is 8.46. The summed E-state index contributed by atoms with van der Waals surface area (Å²) in [6.07, 6.45) is 6.53. The molecular weight excluding hydrogens is 292 g/mol. The molecule has 130 valence electrons. The molecule has 0 rings (SSSR count). The van der Waals surface area contributed by atoms with Crippen molar-refractivity contribution in [3.05, 3.63) is 0 Å². The maximum Gasteiger partial charge on any atom is 0.305 e. The molecule has 0 aliphatic rings. The smallest absolute Gasteiger partial charge is 0.305 e. The second-order valence-corrected chi connectivity index (χ2v) is 5.47. The van der Waals surface area contributed by atoms with Crippen LogP contribution in [0.5, 0.6) is 0 Å². The number of methoxy groups -OCH3 is 1. The maximum atomic E-state index is 10.9. The lowest BCUT2D eigenvalue weighted by atomic mass is 10.1. The van der Waals surface area contributed by atoms with Crippen LogP contribution in [0.2, 0.25) is 0 Å². The van der Waals surface area contributed by atoms with Gasteiger partial charge in [-0.15, -0.1) is 5.92 Å². The van der Waals surface area contributed by atoms with Crippen LogP contribution in [0, 0.1) is 23.7 Å². The maximum absolute atomic E-state index is 10.9. The van der Waals surface area contributed by atoms with Crippen molar-refractivity contribution in [2.24, 2.45) is 0 Å². The SMILES string of the molecule is CC[C@H](O)[C@@H](O)CC#CCC#CCCCCCCCC(=O)OC. The van der Waals surface area contributed by atoms with Crippen LogP contribution in [0.4, 0.5) is 0 Å². The Balaban J connectivity index is 3.48. The van der Waals surface area contributed by atoms with Gasteiger partial charge >= 0.3 is 5.97 Å². The summed E-state index contributed by atoms with van der Waals surface area (Å²) in [6, 6.07) is 0. The Morgan fingerprint density at radius 1 is 0.957 bits per heavy atom. The Morgan fingerprint density at radius 3 is 2.30 bits per heavy atom. The molecule has 23 heavy (non-hydrogen) atoms. The topological polar surface area (TPSA) is 66.8 Å². The Hall–Kier alpha value is -1.49. The summed E-state index contributed by atoms with van der Waals surface area (Å²) in [4.78, 5) is 10.9. The lowest BCUT2D eigenvalue weighted by molar-refractivity contribution is -0.140. The summed E-state index contributed by atoms with van der Waals surface area (Å²) in [7, 11) is 1.42. The van der Waals surface area contributed by atoms with Gasteiger partial charge in [0.15, 0.2) is 0 Å². The fraction of sp³-hybridized carbons (Fsp3) is 0.737. The average Bonchev–Trinajstić information content (AvgIpc) is 2.57. The Morgan fingerprint density at radius 2 is 1.61 bits per heavy atom. The first kappa shape index (κ1) is 21.5. The molecule has 0 saturated carbocycles. The van der Waals surface area contributed by atoms with Gasteiger partial charge in [0.25, 0.3) is 0 Å². The monoisotopic (exact) mass is 322 g/mol. The van der Waals surface area contributed by atoms with Crippen molar-refractivity contribution >= 4 is 5.97 Å². The number of hydrogen-bond donors (Lipinski definition) is 2. The molecule has 2 N–H and O–H groups in total. The molecule has 0 amide bonds. The zero-order valence-electron chi connectivity index (χ0n) is 14.4. The van der Waals surface area contributed by atoms with Gasteiger partial charge in [0.1, 0.15) is 0 Å². The summed E-state index contributed by atoms with van der Waals surface area (Å²) >= 11 is 0. The molecule has 0 heterocycles. The van der Waals surface area contributed by atoms with Crippen molar-refractivity contribution in [1.29, 1.82) is 0 Å². The van der Waals surface area contributed by atoms with E-state index < -0.39 is 12.2 Å². The van der Waals surface area contributed by atoms with Crippen LogP contribution in [0.25, 0.3) is 0 Å². The van der Waals surface area contributed by atoms with Crippen molar-refractivity contribution < 1.29 is 19.7 Å². The third-order valence-electron chi connectivity index (χ3n) is 3.51. The summed E-state index contributed by atoms with van der Waals surface area (Å²) < 4.78 is 4.59. The second kappa shape index (κ2) is 15.4. The number of rotatable bonds is 10. The lowest BCUT2D eigenvalue weighted by Crippen LogP contribution is -2.24. The largest absolute Gasteiger partial charge is 0.469 e. The fourth-order valence-corrected chi connectivity index (χ4v) is 1.96. The number of ether oxygens (including phenoxy) is 1. The Kier molecular flexibility index (Phi) is 14.4. The molecular formula is C19H30O4. The summed E-state index contributed by atoms with van der Waals surface area (Å²) in [6.45, 7) is 1.83. The normalized spacial score (nSPS) is 12.3. The van der Waals surface area contributed by atoms with Crippen LogP contribution in [0.15, 0.2) is 0 Å². The number of carbonyl (C=O) groups is 1. The number of aliphatic hydroxyl groups is 2. The van der Waals surface area contributed by atoms with E-state index in [1.165, 1.54) is 7.11 Å². The third-order valence-corrected chi connectivity index (χ3v) is 3.51. The molecule has 0 aromatic heterocycles. The van der Waals surface area contributed by atoms with Crippen LogP contribution in [-0.2, 0) is 9.53 Å². The van der Waals surface area contributed by atoms with E-state index in [0.29, 0.717) is 25.7 Å². The van der Waals surface area contributed by atoms with E-state index in [1.54, 1.807) is 0 Å². The quantitative estimate of drug-likeness (QED) is 0.369. The average molecular weight is 322 g/mol. The van der Waals surface area contributed by atoms with Crippen molar-refractivity contribution in [3.8, 4) is 23.7 Å². The molecule has 0 spiro atoms. The zero-order chi connectivity index (χ0) is 17.3. The van der Waals surface area contributed by atoms with E-state index in [-0.39, 0.29) is 5.97 Å². The van der Waals surface area contributed by atoms with Gasteiger partial charge in [0, 0.05) is 19.3 Å². The Labute approximate surface area is 140 Å². The van der Waals surface area contributed by atoms with E-state index in [1.807, 2.05) is 6.92 Å². The van der Waals surface area contributed by atoms with Gasteiger partial charge in [-0.05, 0) is 19.3 Å². The predicted molar refractivity (Wildman–Crippen MR) is 91.4 cm³/mol. The van der Waals surface area contributed by atoms with Crippen LogP contribution in [0.1, 0.15) is 71.1 Å². The molecule has 0 radical (unpaired) electrons. The standard InChI is InChI=1S/C19H30O4/c1-3-17(20)18(21)15-13-11-9-7-5-4-6-8-10-12-14-16-19(22)23-2/h17-18,20-21H,3-4,6,8-10,12,14-16H2,1-2H3/t17-,18-/m0/s1. The highest BCUT2D eigenvalue weighted by Crippen LogP contribution is 2.07. The molecule has 0 aromatic rings. The number of esters is 1. The van der Waals surface area contributed by atoms with Gasteiger partial charge in [-0.25, -0.2) is 0 Å². The Bertz CT molecular complexity index is 422. The minimum Gasteiger partial charge on any atom is -0.469 e. The predicted octanol–water partition coefficient (Wildman–Crippen LogP) is 2.81. The van der Waals surface area contributed by atoms with Crippen molar-refractivity contribution in [2.75, 3.05) is 7.11 Å². The van der Waals surface area contributed by atoms with Gasteiger partial charge in [0.2, 0.25) is 0 Å². The molecule has 0 unspecified atom stereocenters. The molecule has 4 nitrogen and oxygen atoms in total. The molecule has 4 heteroatoms. The van der Waals surface area contributed by atoms with Crippen LogP contribution in [0.3, 0.4) is 0 Å². The molecule has 0 aliphatic heterocycles. The molecule has 0 aromatic carbocycles. The summed E-state index contributed by atoms with van der Waals surface area (Å²) in [5.41, 5.74) is 0. The number of aliphatic hydroxyl groups excluding tert-OH is 2. The van der Waals surface area contributed by atoms with Gasteiger partial charge < -0.3 is 14.9 Å². The van der Waals surface area contributed by atoms with E-state index in [4.69, 9.17) is 0 Å². The van der Waals surface area contributed by atoms with E-state index in [0.717, 1.165) is 38.5 Å².